The molecule has 1 aliphatic carbocycles. The van der Waals surface area contributed by atoms with Gasteiger partial charge in [0.15, 0.2) is 11.5 Å². The number of aliphatic hydroxyl groups excluding tert-OH is 1. The number of nitrogens with zero attached hydrogens (tertiary/aromatic N) is 1. The minimum absolute atomic E-state index is 0.125. The lowest BCUT2D eigenvalue weighted by Crippen LogP contribution is -2.43. The first-order chi connectivity index (χ1) is 16.6. The van der Waals surface area contributed by atoms with E-state index in [-0.39, 0.29) is 11.5 Å². The Morgan fingerprint density at radius 1 is 1.12 bits per heavy atom. The van der Waals surface area contributed by atoms with Crippen LogP contribution in [-0.2, 0) is 12.0 Å². The Bertz CT molecular complexity index is 1050. The van der Waals surface area contributed by atoms with Crippen molar-refractivity contribution in [2.45, 2.75) is 37.0 Å². The first-order valence-electron chi connectivity index (χ1n) is 11.9. The molecule has 0 saturated heterocycles. The van der Waals surface area contributed by atoms with Gasteiger partial charge < -0.3 is 40.4 Å². The van der Waals surface area contributed by atoms with Crippen molar-refractivity contribution in [3.8, 4) is 23.0 Å². The second-order valence-electron chi connectivity index (χ2n) is 9.05. The van der Waals surface area contributed by atoms with Crippen LogP contribution < -0.4 is 35.3 Å². The van der Waals surface area contributed by atoms with Crippen LogP contribution in [-0.4, -0.2) is 57.3 Å². The van der Waals surface area contributed by atoms with Crippen molar-refractivity contribution >= 4 is 5.69 Å². The highest BCUT2D eigenvalue weighted by Crippen LogP contribution is 2.56. The smallest absolute Gasteiger partial charge is 0.166 e. The Kier molecular flexibility index (Phi) is 6.29. The van der Waals surface area contributed by atoms with Crippen LogP contribution in [0.5, 0.6) is 23.0 Å². The summed E-state index contributed by atoms with van der Waals surface area (Å²) in [6.45, 7) is 3.24. The van der Waals surface area contributed by atoms with E-state index < -0.39 is 6.10 Å². The minimum Gasteiger partial charge on any atom is -0.493 e. The van der Waals surface area contributed by atoms with Crippen LogP contribution in [0.3, 0.4) is 0 Å². The fourth-order valence-electron chi connectivity index (χ4n) is 5.42. The average molecular weight is 468 g/mol. The van der Waals surface area contributed by atoms with Crippen LogP contribution in [0.15, 0.2) is 42.5 Å². The van der Waals surface area contributed by atoms with E-state index in [2.05, 4.69) is 17.0 Å². The number of hydrogen-bond donors (Lipinski definition) is 3. The van der Waals surface area contributed by atoms with E-state index >= 15 is 0 Å². The number of anilines is 1. The van der Waals surface area contributed by atoms with Crippen molar-refractivity contribution in [1.82, 2.24) is 0 Å². The summed E-state index contributed by atoms with van der Waals surface area (Å²) in [4.78, 5) is 2.34. The molecule has 8 nitrogen and oxygen atoms in total. The van der Waals surface area contributed by atoms with Gasteiger partial charge in [-0.1, -0.05) is 18.2 Å². The molecule has 8 heteroatoms. The lowest BCUT2D eigenvalue weighted by atomic mass is 9.69. The summed E-state index contributed by atoms with van der Waals surface area (Å²) >= 11 is 0. The Hall–Kier alpha value is -2.94. The van der Waals surface area contributed by atoms with Gasteiger partial charge in [-0.2, -0.15) is 0 Å². The first kappa shape index (κ1) is 22.8. The van der Waals surface area contributed by atoms with Crippen LogP contribution in [0.25, 0.3) is 0 Å². The zero-order valence-corrected chi connectivity index (χ0v) is 19.5. The van der Waals surface area contributed by atoms with Gasteiger partial charge in [0.1, 0.15) is 30.8 Å². The summed E-state index contributed by atoms with van der Waals surface area (Å²) in [6, 6.07) is 10.0. The fraction of sp³-hybridized carbons (Fsp3) is 0.462. The van der Waals surface area contributed by atoms with E-state index in [0.717, 1.165) is 41.7 Å². The first-order valence-corrected chi connectivity index (χ1v) is 11.9. The Labute approximate surface area is 200 Å². The van der Waals surface area contributed by atoms with E-state index in [1.807, 2.05) is 30.3 Å². The molecule has 5 rings (SSSR count). The summed E-state index contributed by atoms with van der Waals surface area (Å²) in [6.07, 6.45) is 4.85. The maximum atomic E-state index is 10.3. The van der Waals surface area contributed by atoms with Crippen LogP contribution in [0.2, 0.25) is 0 Å². The summed E-state index contributed by atoms with van der Waals surface area (Å²) in [5, 5.41) is 10.3. The Morgan fingerprint density at radius 3 is 2.53 bits per heavy atom. The van der Waals surface area contributed by atoms with Crippen LogP contribution in [0.4, 0.5) is 5.69 Å². The number of ether oxygens (including phenoxy) is 4. The molecule has 0 saturated carbocycles. The highest BCUT2D eigenvalue weighted by molar-refractivity contribution is 5.64. The van der Waals surface area contributed by atoms with E-state index in [9.17, 15) is 5.11 Å². The van der Waals surface area contributed by atoms with Crippen molar-refractivity contribution in [1.29, 1.82) is 0 Å². The monoisotopic (exact) mass is 467 g/mol. The second kappa shape index (κ2) is 9.37. The summed E-state index contributed by atoms with van der Waals surface area (Å²) in [7, 11) is 1.67. The molecule has 3 atom stereocenters. The maximum Gasteiger partial charge on any atom is 0.166 e. The molecule has 2 heterocycles. The average Bonchev–Trinajstić information content (AvgIpc) is 3.08. The Balaban J connectivity index is 1.55. The fourth-order valence-corrected chi connectivity index (χ4v) is 5.42. The van der Waals surface area contributed by atoms with Gasteiger partial charge in [-0.05, 0) is 18.1 Å². The molecule has 182 valence electrons. The molecule has 3 aliphatic rings. The molecule has 2 unspecified atom stereocenters. The van der Waals surface area contributed by atoms with E-state index in [1.165, 1.54) is 11.1 Å². The number of benzene rings is 2. The molecule has 0 fully saturated rings. The summed E-state index contributed by atoms with van der Waals surface area (Å²) in [5.74, 6) is 2.98. The molecule has 2 aliphatic heterocycles. The van der Waals surface area contributed by atoms with Crippen LogP contribution >= 0.6 is 0 Å². The summed E-state index contributed by atoms with van der Waals surface area (Å²) in [5.41, 5.74) is 14.4. The zero-order chi connectivity index (χ0) is 23.7. The maximum absolute atomic E-state index is 10.3. The summed E-state index contributed by atoms with van der Waals surface area (Å²) < 4.78 is 23.8. The van der Waals surface area contributed by atoms with Gasteiger partial charge in [0.2, 0.25) is 0 Å². The zero-order valence-electron chi connectivity index (χ0n) is 19.5. The SMILES string of the molecule is COc1ccc2c3c1OC1C[C@@H](O)C=CC31CCN(c1cc(OCCN)cc(OCCN)c1)C2. The predicted molar refractivity (Wildman–Crippen MR) is 130 cm³/mol. The van der Waals surface area contributed by atoms with Crippen LogP contribution in [0, 0.1) is 0 Å². The van der Waals surface area contributed by atoms with Crippen molar-refractivity contribution in [2.24, 2.45) is 11.5 Å². The second-order valence-corrected chi connectivity index (χ2v) is 9.05. The molecule has 0 bridgehead atoms. The molecule has 34 heavy (non-hydrogen) atoms. The number of aliphatic hydroxyl groups is 1. The van der Waals surface area contributed by atoms with Crippen molar-refractivity contribution in [3.05, 3.63) is 53.6 Å². The van der Waals surface area contributed by atoms with Gasteiger partial charge in [0.05, 0.1) is 18.6 Å². The molecule has 2 aromatic carbocycles. The van der Waals surface area contributed by atoms with Gasteiger partial charge in [-0.15, -0.1) is 0 Å². The third-order valence-electron chi connectivity index (χ3n) is 6.96. The highest BCUT2D eigenvalue weighted by atomic mass is 16.5. The molecule has 1 spiro atoms. The van der Waals surface area contributed by atoms with E-state index in [1.54, 1.807) is 7.11 Å². The van der Waals surface area contributed by atoms with E-state index in [4.69, 9.17) is 30.4 Å². The number of methoxy groups -OCH3 is 1. The molecule has 0 amide bonds. The van der Waals surface area contributed by atoms with Crippen molar-refractivity contribution < 1.29 is 24.1 Å². The molecular formula is C26H33N3O5. The predicted octanol–water partition coefficient (Wildman–Crippen LogP) is 2.10. The minimum atomic E-state index is -0.502. The van der Waals surface area contributed by atoms with Gasteiger partial charge in [0, 0.05) is 62.0 Å². The van der Waals surface area contributed by atoms with Crippen molar-refractivity contribution in [3.63, 3.8) is 0 Å². The molecule has 2 aromatic rings. The van der Waals surface area contributed by atoms with Gasteiger partial charge in [-0.3, -0.25) is 0 Å². The molecular weight excluding hydrogens is 434 g/mol. The highest BCUT2D eigenvalue weighted by Gasteiger charge is 2.52. The number of rotatable bonds is 8. The standard InChI is InChI=1S/C26H33N3O5/c1-31-22-3-2-17-16-29(18-12-20(32-10-7-27)15-21(13-18)33-11-8-28)9-6-26-5-4-19(30)14-23(26)34-25(22)24(17)26/h2-5,12-13,15,19,23,30H,6-11,14,16,27-28H2,1H3/t19-,23?,26?/m0/s1. The largest absolute Gasteiger partial charge is 0.493 e. The Morgan fingerprint density at radius 2 is 1.85 bits per heavy atom. The quantitative estimate of drug-likeness (QED) is 0.506. The molecule has 0 radical (unpaired) electrons. The molecule has 5 N–H and O–H groups in total. The lowest BCUT2D eigenvalue weighted by Gasteiger charge is -2.36. The van der Waals surface area contributed by atoms with Gasteiger partial charge in [0.25, 0.3) is 0 Å². The van der Waals surface area contributed by atoms with Gasteiger partial charge >= 0.3 is 0 Å². The molecule has 0 aromatic heterocycles. The van der Waals surface area contributed by atoms with Gasteiger partial charge in [-0.25, -0.2) is 0 Å². The van der Waals surface area contributed by atoms with Crippen LogP contribution in [0.1, 0.15) is 24.0 Å². The normalized spacial score (nSPS) is 24.6. The third-order valence-corrected chi connectivity index (χ3v) is 6.96. The number of nitrogens with two attached hydrogens (primary N) is 2. The number of hydrogen-bond acceptors (Lipinski definition) is 8. The lowest BCUT2D eigenvalue weighted by molar-refractivity contribution is 0.0856. The van der Waals surface area contributed by atoms with E-state index in [0.29, 0.717) is 39.3 Å². The third kappa shape index (κ3) is 3.96. The van der Waals surface area contributed by atoms with Crippen molar-refractivity contribution in [2.75, 3.05) is 44.9 Å². The topological polar surface area (TPSA) is 112 Å².